The first kappa shape index (κ1) is 21.1. The third-order valence-electron chi connectivity index (χ3n) is 6.84. The van der Waals surface area contributed by atoms with Crippen molar-refractivity contribution < 1.29 is 22.1 Å². The summed E-state index contributed by atoms with van der Waals surface area (Å²) in [5.74, 6) is -0.458. The second-order valence-electron chi connectivity index (χ2n) is 9.51. The maximum Gasteiger partial charge on any atom is 0.334 e. The van der Waals surface area contributed by atoms with Gasteiger partial charge >= 0.3 is 5.69 Å². The molecule has 0 unspecified atom stereocenters. The molecule has 4 aromatic rings. The number of methoxy groups -OCH3 is 1. The molecule has 0 saturated carbocycles. The van der Waals surface area contributed by atoms with Gasteiger partial charge < -0.3 is 25.2 Å². The summed E-state index contributed by atoms with van der Waals surface area (Å²) < 4.78 is 69.0. The Morgan fingerprint density at radius 3 is 2.85 bits per heavy atom. The Morgan fingerprint density at radius 1 is 1.27 bits per heavy atom. The van der Waals surface area contributed by atoms with Crippen LogP contribution in [-0.4, -0.2) is 71.1 Å². The number of aromatic nitrogens is 4. The number of nitrogens with one attached hydrogen (secondary N) is 2. The van der Waals surface area contributed by atoms with Gasteiger partial charge in [-0.25, -0.2) is 18.7 Å². The van der Waals surface area contributed by atoms with Crippen LogP contribution in [0.2, 0.25) is 0 Å². The zero-order valence-electron chi connectivity index (χ0n) is 28.6. The van der Waals surface area contributed by atoms with Gasteiger partial charge in [-0.2, -0.15) is 4.98 Å². The highest BCUT2D eigenvalue weighted by Crippen LogP contribution is 2.38. The second kappa shape index (κ2) is 11.4. The lowest BCUT2D eigenvalue weighted by Crippen LogP contribution is -2.29. The number of carbonyl (C=O) groups is 1. The molecule has 1 amide bonds. The van der Waals surface area contributed by atoms with E-state index < -0.39 is 25.7 Å². The van der Waals surface area contributed by atoms with Gasteiger partial charge in [0.1, 0.15) is 17.4 Å². The van der Waals surface area contributed by atoms with Gasteiger partial charge in [0, 0.05) is 59.3 Å². The van der Waals surface area contributed by atoms with Crippen molar-refractivity contribution in [1.82, 2.24) is 24.0 Å². The molecule has 0 radical (unpaired) electrons. The van der Waals surface area contributed by atoms with E-state index in [4.69, 9.17) is 13.0 Å². The number of benzene rings is 2. The van der Waals surface area contributed by atoms with Crippen LogP contribution in [0.3, 0.4) is 0 Å². The second-order valence-corrected chi connectivity index (χ2v) is 9.51. The van der Waals surface area contributed by atoms with E-state index in [2.05, 4.69) is 27.2 Å². The summed E-state index contributed by atoms with van der Waals surface area (Å²) in [6, 6.07) is 7.39. The molecule has 0 spiro atoms. The molecule has 0 aliphatic carbocycles. The van der Waals surface area contributed by atoms with Crippen molar-refractivity contribution in [1.29, 1.82) is 0 Å². The zero-order valence-corrected chi connectivity index (χ0v) is 22.6. The predicted molar refractivity (Wildman–Crippen MR) is 158 cm³/mol. The summed E-state index contributed by atoms with van der Waals surface area (Å²) in [7, 11) is 3.02. The summed E-state index contributed by atoms with van der Waals surface area (Å²) in [5, 5.41) is 5.75. The lowest BCUT2D eigenvalue weighted by molar-refractivity contribution is -0.111. The fraction of sp³-hybridized carbons (Fsp3) is 0.310. The first-order valence-corrected chi connectivity index (χ1v) is 12.8. The molecule has 214 valence electrons. The molecule has 5 rings (SSSR count). The van der Waals surface area contributed by atoms with Crippen molar-refractivity contribution in [2.75, 3.05) is 56.7 Å². The molecule has 0 bridgehead atoms. The van der Waals surface area contributed by atoms with Crippen molar-refractivity contribution in [3.05, 3.63) is 71.0 Å². The van der Waals surface area contributed by atoms with Crippen molar-refractivity contribution in [3.63, 3.8) is 0 Å². The molecule has 0 saturated heterocycles. The van der Waals surface area contributed by atoms with E-state index in [9.17, 15) is 14.0 Å². The Balaban J connectivity index is 1.51. The number of ether oxygens (including phenoxy) is 1. The minimum Gasteiger partial charge on any atom is -0.494 e. The smallest absolute Gasteiger partial charge is 0.334 e. The Bertz CT molecular complexity index is 1890. The van der Waals surface area contributed by atoms with Crippen molar-refractivity contribution in [2.45, 2.75) is 19.4 Å². The number of imidazole rings is 1. The molecule has 2 N–H and O–H groups in total. The Hall–Kier alpha value is -4.71. The van der Waals surface area contributed by atoms with Crippen LogP contribution < -0.4 is 26.0 Å². The molecule has 3 heterocycles. The zero-order chi connectivity index (χ0) is 34.3. The number of aryl methyl sites for hydroxylation is 2. The van der Waals surface area contributed by atoms with Crippen LogP contribution in [0.25, 0.3) is 16.9 Å². The largest absolute Gasteiger partial charge is 0.494 e. The summed E-state index contributed by atoms with van der Waals surface area (Å²) in [6.07, 6.45) is 3.87. The third-order valence-corrected chi connectivity index (χ3v) is 6.84. The van der Waals surface area contributed by atoms with Crippen LogP contribution in [0.15, 0.2) is 54.0 Å². The predicted octanol–water partition coefficient (Wildman–Crippen LogP) is 3.54. The summed E-state index contributed by atoms with van der Waals surface area (Å²) in [4.78, 5) is 36.7. The number of halogens is 1. The van der Waals surface area contributed by atoms with Gasteiger partial charge in [-0.05, 0) is 50.6 Å². The van der Waals surface area contributed by atoms with Gasteiger partial charge in [0.25, 0.3) is 0 Å². The number of hydrogen-bond donors (Lipinski definition) is 2. The molecule has 1 aliphatic heterocycles. The molecule has 0 fully saturated rings. The molecule has 12 heteroatoms. The number of rotatable bonds is 10. The molecule has 1 aliphatic rings. The number of anilines is 4. The first-order chi connectivity index (χ1) is 22.1. The molecule has 11 nitrogen and oxygen atoms in total. The van der Waals surface area contributed by atoms with Crippen LogP contribution in [0.5, 0.6) is 5.75 Å². The van der Waals surface area contributed by atoms with Crippen molar-refractivity contribution in [2.24, 2.45) is 0 Å². The van der Waals surface area contributed by atoms with Gasteiger partial charge in [-0.15, -0.1) is 0 Å². The highest BCUT2D eigenvalue weighted by molar-refractivity contribution is 6.02. The van der Waals surface area contributed by atoms with Gasteiger partial charge in [0.15, 0.2) is 0 Å². The van der Waals surface area contributed by atoms with Gasteiger partial charge in [-0.1, -0.05) is 6.58 Å². The quantitative estimate of drug-likeness (QED) is 0.281. The van der Waals surface area contributed by atoms with Crippen LogP contribution in [0.1, 0.15) is 20.2 Å². The van der Waals surface area contributed by atoms with Gasteiger partial charge in [0.2, 0.25) is 11.9 Å². The monoisotopic (exact) mass is 566 g/mol. The fourth-order valence-electron chi connectivity index (χ4n) is 4.95. The third kappa shape index (κ3) is 5.50. The molecule has 41 heavy (non-hydrogen) atoms. The number of carbonyl (C=O) groups excluding carboxylic acids is 1. The molecule has 2 aromatic carbocycles. The Labute approximate surface area is 245 Å². The summed E-state index contributed by atoms with van der Waals surface area (Å²) in [6.45, 7) is -2.13. The van der Waals surface area contributed by atoms with Gasteiger partial charge in [0.05, 0.1) is 35.2 Å². The average Bonchev–Trinajstić information content (AvgIpc) is 3.27. The Morgan fingerprint density at radius 2 is 2.10 bits per heavy atom. The SMILES string of the molecule is [2H]C([2H])([2H])N(CCN(C)c1cc(OC)c(Nc2nccc(-n3c(=O)n4c5c(cc(F)cc53)CCC4)n2)cc1NC(=O)C=C)C([2H])([2H])[2H]. The molecule has 0 atom stereocenters. The normalized spacial score (nSPS) is 15.2. The maximum atomic E-state index is 14.6. The van der Waals surface area contributed by atoms with E-state index in [0.29, 0.717) is 46.7 Å². The van der Waals surface area contributed by atoms with E-state index in [1.807, 2.05) is 0 Å². The lowest BCUT2D eigenvalue weighted by atomic mass is 10.0. The van der Waals surface area contributed by atoms with E-state index in [1.165, 1.54) is 42.1 Å². The van der Waals surface area contributed by atoms with Crippen molar-refractivity contribution >= 4 is 40.0 Å². The number of amides is 1. The summed E-state index contributed by atoms with van der Waals surface area (Å²) in [5.41, 5.74) is 2.41. The van der Waals surface area contributed by atoms with E-state index in [0.717, 1.165) is 11.6 Å². The fourth-order valence-corrected chi connectivity index (χ4v) is 4.95. The van der Waals surface area contributed by atoms with Crippen LogP contribution in [0, 0.1) is 5.82 Å². The topological polar surface area (TPSA) is 110 Å². The van der Waals surface area contributed by atoms with Crippen LogP contribution >= 0.6 is 0 Å². The first-order valence-electron chi connectivity index (χ1n) is 15.8. The van der Waals surface area contributed by atoms with Crippen LogP contribution in [-0.2, 0) is 17.8 Å². The molecular formula is C29H33FN8O3. The van der Waals surface area contributed by atoms with Gasteiger partial charge in [-0.3, -0.25) is 9.36 Å². The summed E-state index contributed by atoms with van der Waals surface area (Å²) >= 11 is 0. The van der Waals surface area contributed by atoms with E-state index in [1.54, 1.807) is 22.6 Å². The highest BCUT2D eigenvalue weighted by atomic mass is 19.1. The minimum atomic E-state index is -2.86. The van der Waals surface area contributed by atoms with E-state index >= 15 is 0 Å². The number of hydrogen-bond acceptors (Lipinski definition) is 8. The van der Waals surface area contributed by atoms with Crippen LogP contribution in [0.4, 0.5) is 27.4 Å². The number of likely N-dealkylation sites (N-methyl/N-ethyl adjacent to an activating group) is 2. The average molecular weight is 567 g/mol. The van der Waals surface area contributed by atoms with E-state index in [-0.39, 0.29) is 42.0 Å². The molecular weight excluding hydrogens is 527 g/mol. The minimum absolute atomic E-state index is 0.0422. The maximum absolute atomic E-state index is 14.6. The van der Waals surface area contributed by atoms with Crippen molar-refractivity contribution in [3.8, 4) is 11.6 Å². The standard InChI is InChI=1S/C29H33FN8O3/c1-6-26(39)32-20-16-21(24(41-5)17-22(20)36(4)13-12-35(2)3)33-28-31-10-9-25(34-28)38-23-15-19(30)14-18-8-7-11-37(27(18)23)29(38)40/h6,9-10,14-17H,1,7-8,11-13H2,2-5H3,(H,32,39)(H,31,33,34)/i2D3,3D3. The number of nitrogens with zero attached hydrogens (tertiary/aromatic N) is 6. The Kier molecular flexibility index (Phi) is 5.87. The lowest BCUT2D eigenvalue weighted by Gasteiger charge is -2.26. The molecule has 2 aromatic heterocycles. The highest BCUT2D eigenvalue weighted by Gasteiger charge is 2.23.